The van der Waals surface area contributed by atoms with Crippen LogP contribution in [0.4, 0.5) is 0 Å². The maximum absolute atomic E-state index is 10.5. The Kier molecular flexibility index (Phi) is 2.35. The number of carboxylic acids is 2. The van der Waals surface area contributed by atoms with Gasteiger partial charge in [0.25, 0.3) is 0 Å². The first-order chi connectivity index (χ1) is 5.54. The average molecular weight is 207 g/mol. The first-order valence-corrected chi connectivity index (χ1v) is 4.03. The Labute approximate surface area is 76.0 Å². The van der Waals surface area contributed by atoms with E-state index in [1.807, 2.05) is 0 Å². The molecule has 1 rings (SSSR count). The second kappa shape index (κ2) is 3.12. The van der Waals surface area contributed by atoms with Gasteiger partial charge in [0.1, 0.15) is 9.90 Å². The van der Waals surface area contributed by atoms with Crippen LogP contribution in [0.5, 0.6) is 0 Å². The Bertz CT molecular complexity index is 343. The molecular weight excluding hydrogens is 204 g/mol. The summed E-state index contributed by atoms with van der Waals surface area (Å²) < 4.78 is -0.0140. The highest BCUT2D eigenvalue weighted by Crippen LogP contribution is 2.27. The molecule has 0 aliphatic carbocycles. The molecule has 0 saturated heterocycles. The smallest absolute Gasteiger partial charge is 0.338 e. The van der Waals surface area contributed by atoms with Gasteiger partial charge in [0.05, 0.1) is 5.56 Å². The minimum atomic E-state index is -1.32. The van der Waals surface area contributed by atoms with Crippen molar-refractivity contribution < 1.29 is 19.8 Å². The van der Waals surface area contributed by atoms with Gasteiger partial charge in [-0.25, -0.2) is 9.59 Å². The van der Waals surface area contributed by atoms with Crippen molar-refractivity contribution in [2.24, 2.45) is 0 Å². The summed E-state index contributed by atoms with van der Waals surface area (Å²) >= 11 is 6.35. The maximum Gasteiger partial charge on any atom is 0.338 e. The van der Waals surface area contributed by atoms with Crippen molar-refractivity contribution in [2.75, 3.05) is 0 Å². The lowest BCUT2D eigenvalue weighted by molar-refractivity contribution is 0.0653. The van der Waals surface area contributed by atoms with Crippen molar-refractivity contribution in [3.05, 3.63) is 20.8 Å². The van der Waals surface area contributed by atoms with Gasteiger partial charge in [-0.05, 0) is 0 Å². The molecule has 0 atom stereocenters. The lowest BCUT2D eigenvalue weighted by Gasteiger charge is -1.92. The number of hydrogen-bond acceptors (Lipinski definition) is 3. The van der Waals surface area contributed by atoms with Crippen LogP contribution < -0.4 is 0 Å². The van der Waals surface area contributed by atoms with Crippen LogP contribution in [-0.2, 0) is 0 Å². The number of carboxylic acid groups (broad SMARTS) is 2. The quantitative estimate of drug-likeness (QED) is 0.774. The molecule has 12 heavy (non-hydrogen) atoms. The fourth-order valence-electron chi connectivity index (χ4n) is 0.691. The summed E-state index contributed by atoms with van der Waals surface area (Å²) in [5.41, 5.74) is -0.605. The van der Waals surface area contributed by atoms with Gasteiger partial charge in [0.15, 0.2) is 0 Å². The molecule has 0 bridgehead atoms. The molecule has 6 heteroatoms. The summed E-state index contributed by atoms with van der Waals surface area (Å²) in [5.74, 6) is -2.60. The first-order valence-electron chi connectivity index (χ1n) is 2.77. The van der Waals surface area contributed by atoms with E-state index in [2.05, 4.69) is 0 Å². The van der Waals surface area contributed by atoms with E-state index >= 15 is 0 Å². The fourth-order valence-corrected chi connectivity index (χ4v) is 1.76. The molecule has 1 heterocycles. The summed E-state index contributed by atoms with van der Waals surface area (Å²) in [7, 11) is 0. The van der Waals surface area contributed by atoms with Gasteiger partial charge in [0.2, 0.25) is 0 Å². The van der Waals surface area contributed by atoms with Crippen LogP contribution in [-0.4, -0.2) is 22.2 Å². The zero-order chi connectivity index (χ0) is 9.30. The van der Waals surface area contributed by atoms with Crippen LogP contribution in [0.2, 0.25) is 4.34 Å². The standard InChI is InChI=1S/C6H3ClO4S/c7-4-3(6(10)11)2(1-12-4)5(8)9/h1H,(H,8,9)(H,10,11). The van der Waals surface area contributed by atoms with Crippen molar-refractivity contribution in [3.8, 4) is 0 Å². The van der Waals surface area contributed by atoms with Crippen LogP contribution in [0.3, 0.4) is 0 Å². The molecule has 1 aromatic rings. The van der Waals surface area contributed by atoms with Crippen molar-refractivity contribution >= 4 is 34.9 Å². The second-order valence-electron chi connectivity index (χ2n) is 1.91. The zero-order valence-electron chi connectivity index (χ0n) is 5.57. The zero-order valence-corrected chi connectivity index (χ0v) is 7.15. The second-order valence-corrected chi connectivity index (χ2v) is 3.39. The summed E-state index contributed by atoms with van der Waals surface area (Å²) in [4.78, 5) is 20.9. The molecule has 1 aromatic heterocycles. The Hall–Kier alpha value is -1.07. The molecule has 0 fully saturated rings. The average Bonchev–Trinajstić information content (AvgIpc) is 2.30. The van der Waals surface area contributed by atoms with Gasteiger partial charge in [-0.15, -0.1) is 11.3 Å². The molecule has 0 aliphatic heterocycles. The van der Waals surface area contributed by atoms with Gasteiger partial charge in [-0.2, -0.15) is 0 Å². The molecule has 0 aliphatic rings. The molecule has 0 saturated carbocycles. The Morgan fingerprint density at radius 1 is 1.33 bits per heavy atom. The number of hydrogen-bond donors (Lipinski definition) is 2. The van der Waals surface area contributed by atoms with E-state index in [1.165, 1.54) is 5.38 Å². The van der Waals surface area contributed by atoms with Crippen molar-refractivity contribution in [1.82, 2.24) is 0 Å². The minimum Gasteiger partial charge on any atom is -0.478 e. The Morgan fingerprint density at radius 3 is 2.25 bits per heavy atom. The van der Waals surface area contributed by atoms with E-state index in [1.54, 1.807) is 0 Å². The highest BCUT2D eigenvalue weighted by Gasteiger charge is 2.21. The number of halogens is 1. The molecular formula is C6H3ClO4S. The maximum atomic E-state index is 10.5. The normalized spacial score (nSPS) is 9.75. The van der Waals surface area contributed by atoms with Crippen LogP contribution in [0.15, 0.2) is 5.38 Å². The molecule has 0 amide bonds. The number of carbonyl (C=O) groups is 2. The third kappa shape index (κ3) is 1.41. The van der Waals surface area contributed by atoms with Crippen molar-refractivity contribution in [1.29, 1.82) is 0 Å². The van der Waals surface area contributed by atoms with Gasteiger partial charge >= 0.3 is 11.9 Å². The lowest BCUT2D eigenvalue weighted by Crippen LogP contribution is -2.04. The molecule has 0 aromatic carbocycles. The monoisotopic (exact) mass is 206 g/mol. The summed E-state index contributed by atoms with van der Waals surface area (Å²) in [6.45, 7) is 0. The predicted octanol–water partition coefficient (Wildman–Crippen LogP) is 1.80. The van der Waals surface area contributed by atoms with Crippen LogP contribution in [0.1, 0.15) is 20.7 Å². The topological polar surface area (TPSA) is 74.6 Å². The molecule has 0 radical (unpaired) electrons. The highest BCUT2D eigenvalue weighted by atomic mass is 35.5. The third-order valence-electron chi connectivity index (χ3n) is 1.19. The van der Waals surface area contributed by atoms with Crippen LogP contribution >= 0.6 is 22.9 Å². The van der Waals surface area contributed by atoms with Crippen molar-refractivity contribution in [3.63, 3.8) is 0 Å². The summed E-state index contributed by atoms with van der Waals surface area (Å²) in [5, 5.41) is 18.3. The molecule has 0 spiro atoms. The summed E-state index contributed by atoms with van der Waals surface area (Å²) in [6.07, 6.45) is 0. The largest absolute Gasteiger partial charge is 0.478 e. The molecule has 0 unspecified atom stereocenters. The van der Waals surface area contributed by atoms with E-state index in [0.717, 1.165) is 11.3 Å². The van der Waals surface area contributed by atoms with Gasteiger partial charge in [0, 0.05) is 5.38 Å². The molecule has 4 nitrogen and oxygen atoms in total. The van der Waals surface area contributed by atoms with Gasteiger partial charge in [-0.3, -0.25) is 0 Å². The minimum absolute atomic E-state index is 0.0140. The number of aromatic carboxylic acids is 2. The first kappa shape index (κ1) is 9.02. The van der Waals surface area contributed by atoms with E-state index < -0.39 is 11.9 Å². The van der Waals surface area contributed by atoms with Crippen LogP contribution in [0, 0.1) is 0 Å². The van der Waals surface area contributed by atoms with Crippen molar-refractivity contribution in [2.45, 2.75) is 0 Å². The van der Waals surface area contributed by atoms with Crippen LogP contribution in [0.25, 0.3) is 0 Å². The van der Waals surface area contributed by atoms with E-state index in [-0.39, 0.29) is 15.5 Å². The molecule has 2 N–H and O–H groups in total. The number of thiophene rings is 1. The van der Waals surface area contributed by atoms with Gasteiger partial charge < -0.3 is 10.2 Å². The van der Waals surface area contributed by atoms with E-state index in [0.29, 0.717) is 0 Å². The van der Waals surface area contributed by atoms with Gasteiger partial charge in [-0.1, -0.05) is 11.6 Å². The SMILES string of the molecule is O=C(O)c1csc(Cl)c1C(=O)O. The molecule has 64 valence electrons. The summed E-state index contributed by atoms with van der Waals surface area (Å²) in [6, 6.07) is 0. The number of rotatable bonds is 2. The Morgan fingerprint density at radius 2 is 1.92 bits per heavy atom. The third-order valence-corrected chi connectivity index (χ3v) is 2.41. The highest BCUT2D eigenvalue weighted by molar-refractivity contribution is 7.15. The van der Waals surface area contributed by atoms with E-state index in [9.17, 15) is 9.59 Å². The Balaban J connectivity index is 3.31. The predicted molar refractivity (Wildman–Crippen MR) is 43.2 cm³/mol. The fraction of sp³-hybridized carbons (Fsp3) is 0. The van der Waals surface area contributed by atoms with E-state index in [4.69, 9.17) is 21.8 Å². The lowest BCUT2D eigenvalue weighted by atomic mass is 10.2.